The molecular weight excluding hydrogens is 282 g/mol. The highest BCUT2D eigenvalue weighted by molar-refractivity contribution is 5.91. The van der Waals surface area contributed by atoms with Crippen LogP contribution >= 0.6 is 0 Å². The summed E-state index contributed by atoms with van der Waals surface area (Å²) in [7, 11) is 0. The van der Waals surface area contributed by atoms with Crippen molar-refractivity contribution < 1.29 is 9.53 Å². The van der Waals surface area contributed by atoms with Crippen LogP contribution in [-0.2, 0) is 4.74 Å². The van der Waals surface area contributed by atoms with Crippen molar-refractivity contribution in [3.63, 3.8) is 0 Å². The average molecular weight is 301 g/mol. The van der Waals surface area contributed by atoms with E-state index in [0.717, 1.165) is 30.7 Å². The number of amides is 1. The molecule has 0 bridgehead atoms. The van der Waals surface area contributed by atoms with Gasteiger partial charge in [-0.15, -0.1) is 5.10 Å². The Kier molecular flexibility index (Phi) is 3.11. The van der Waals surface area contributed by atoms with Crippen molar-refractivity contribution in [1.82, 2.24) is 24.5 Å². The number of aromatic nitrogens is 4. The SMILES string of the molecule is Cc1cc(C)n2nc(C(=O)N3CCOC4CCCC43)nc2n1. The van der Waals surface area contributed by atoms with Crippen molar-refractivity contribution in [3.8, 4) is 0 Å². The predicted octanol–water partition coefficient (Wildman–Crippen LogP) is 1.13. The lowest BCUT2D eigenvalue weighted by molar-refractivity contribution is -0.0449. The standard InChI is InChI=1S/C15H19N5O2/c1-9-8-10(2)20-15(16-9)17-13(18-20)14(21)19-6-7-22-12-5-3-4-11(12)19/h8,11-12H,3-7H2,1-2H3. The molecule has 1 saturated carbocycles. The number of aryl methyl sites for hydroxylation is 2. The molecule has 1 saturated heterocycles. The molecular formula is C15H19N5O2. The monoisotopic (exact) mass is 301 g/mol. The summed E-state index contributed by atoms with van der Waals surface area (Å²) in [5, 5.41) is 4.35. The molecule has 0 N–H and O–H groups in total. The zero-order chi connectivity index (χ0) is 15.3. The lowest BCUT2D eigenvalue weighted by atomic mass is 10.1. The summed E-state index contributed by atoms with van der Waals surface area (Å²) in [5.41, 5.74) is 1.80. The van der Waals surface area contributed by atoms with Gasteiger partial charge in [-0.25, -0.2) is 9.50 Å². The molecule has 1 amide bonds. The number of morpholine rings is 1. The molecule has 0 spiro atoms. The van der Waals surface area contributed by atoms with Gasteiger partial charge < -0.3 is 9.64 Å². The molecule has 22 heavy (non-hydrogen) atoms. The normalized spacial score (nSPS) is 24.7. The topological polar surface area (TPSA) is 72.6 Å². The number of carbonyl (C=O) groups excluding carboxylic acids is 1. The minimum atomic E-state index is -0.109. The number of fused-ring (bicyclic) bond motifs is 2. The molecule has 0 aromatic carbocycles. The van der Waals surface area contributed by atoms with Crippen LogP contribution in [0.15, 0.2) is 6.07 Å². The Balaban J connectivity index is 1.69. The van der Waals surface area contributed by atoms with E-state index in [1.165, 1.54) is 0 Å². The summed E-state index contributed by atoms with van der Waals surface area (Å²) in [6.45, 7) is 5.05. The van der Waals surface area contributed by atoms with Gasteiger partial charge in [-0.05, 0) is 39.2 Å². The molecule has 3 heterocycles. The van der Waals surface area contributed by atoms with Crippen molar-refractivity contribution in [2.45, 2.75) is 45.3 Å². The first-order valence-corrected chi connectivity index (χ1v) is 7.77. The second kappa shape index (κ2) is 5.01. The molecule has 7 heteroatoms. The van der Waals surface area contributed by atoms with Gasteiger partial charge in [0.1, 0.15) is 0 Å². The summed E-state index contributed by atoms with van der Waals surface area (Å²) in [6, 6.07) is 2.10. The van der Waals surface area contributed by atoms with Crippen LogP contribution in [0.3, 0.4) is 0 Å². The summed E-state index contributed by atoms with van der Waals surface area (Å²) in [6.07, 6.45) is 3.32. The third-order valence-electron chi connectivity index (χ3n) is 4.55. The second-order valence-electron chi connectivity index (χ2n) is 6.09. The van der Waals surface area contributed by atoms with E-state index in [-0.39, 0.29) is 23.9 Å². The van der Waals surface area contributed by atoms with Crippen molar-refractivity contribution >= 4 is 11.7 Å². The maximum atomic E-state index is 12.8. The highest BCUT2D eigenvalue weighted by Crippen LogP contribution is 2.30. The molecule has 2 fully saturated rings. The maximum Gasteiger partial charge on any atom is 0.294 e. The van der Waals surface area contributed by atoms with Crippen molar-refractivity contribution in [2.75, 3.05) is 13.2 Å². The Morgan fingerprint density at radius 1 is 1.32 bits per heavy atom. The third kappa shape index (κ3) is 2.08. The largest absolute Gasteiger partial charge is 0.374 e. The fraction of sp³-hybridized carbons (Fsp3) is 0.600. The van der Waals surface area contributed by atoms with Crippen LogP contribution < -0.4 is 0 Å². The fourth-order valence-corrected chi connectivity index (χ4v) is 3.56. The molecule has 2 aromatic heterocycles. The second-order valence-corrected chi connectivity index (χ2v) is 6.09. The molecule has 2 atom stereocenters. The van der Waals surface area contributed by atoms with Gasteiger partial charge in [-0.2, -0.15) is 4.98 Å². The summed E-state index contributed by atoms with van der Waals surface area (Å²) in [5.74, 6) is 0.605. The fourth-order valence-electron chi connectivity index (χ4n) is 3.56. The van der Waals surface area contributed by atoms with Gasteiger partial charge in [-0.3, -0.25) is 4.79 Å². The van der Waals surface area contributed by atoms with Crippen LogP contribution in [0.2, 0.25) is 0 Å². The molecule has 7 nitrogen and oxygen atoms in total. The predicted molar refractivity (Wildman–Crippen MR) is 78.7 cm³/mol. The van der Waals surface area contributed by atoms with Gasteiger partial charge in [0.15, 0.2) is 0 Å². The van der Waals surface area contributed by atoms with Crippen molar-refractivity contribution in [2.24, 2.45) is 0 Å². The van der Waals surface area contributed by atoms with Crippen LogP contribution in [0.1, 0.15) is 41.3 Å². The van der Waals surface area contributed by atoms with Gasteiger partial charge in [0, 0.05) is 17.9 Å². The summed E-state index contributed by atoms with van der Waals surface area (Å²) in [4.78, 5) is 23.4. The highest BCUT2D eigenvalue weighted by atomic mass is 16.5. The third-order valence-corrected chi connectivity index (χ3v) is 4.55. The van der Waals surface area contributed by atoms with E-state index in [1.54, 1.807) is 4.52 Å². The van der Waals surface area contributed by atoms with Gasteiger partial charge >= 0.3 is 0 Å². The number of carbonyl (C=O) groups is 1. The maximum absolute atomic E-state index is 12.8. The first-order chi connectivity index (χ1) is 10.6. The van der Waals surface area contributed by atoms with Gasteiger partial charge in [-0.1, -0.05) is 0 Å². The molecule has 116 valence electrons. The molecule has 2 unspecified atom stereocenters. The Hall–Kier alpha value is -2.02. The number of hydrogen-bond donors (Lipinski definition) is 0. The molecule has 2 aromatic rings. The van der Waals surface area contributed by atoms with E-state index < -0.39 is 0 Å². The number of nitrogens with zero attached hydrogens (tertiary/aromatic N) is 5. The van der Waals surface area contributed by atoms with Crippen LogP contribution in [0, 0.1) is 13.8 Å². The van der Waals surface area contributed by atoms with Gasteiger partial charge in [0.25, 0.3) is 11.7 Å². The van der Waals surface area contributed by atoms with Gasteiger partial charge in [0.2, 0.25) is 5.82 Å². The number of ether oxygens (including phenoxy) is 1. The first kappa shape index (κ1) is 13.6. The molecule has 2 aliphatic rings. The van der Waals surface area contributed by atoms with E-state index in [0.29, 0.717) is 18.9 Å². The minimum Gasteiger partial charge on any atom is -0.374 e. The molecule has 1 aliphatic heterocycles. The zero-order valence-electron chi connectivity index (χ0n) is 12.8. The van der Waals surface area contributed by atoms with E-state index in [2.05, 4.69) is 15.1 Å². The molecule has 0 radical (unpaired) electrons. The number of rotatable bonds is 1. The molecule has 4 rings (SSSR count). The molecule has 1 aliphatic carbocycles. The van der Waals surface area contributed by atoms with Crippen LogP contribution in [0.5, 0.6) is 0 Å². The van der Waals surface area contributed by atoms with Crippen LogP contribution in [0.4, 0.5) is 0 Å². The van der Waals surface area contributed by atoms with Crippen molar-refractivity contribution in [1.29, 1.82) is 0 Å². The van der Waals surface area contributed by atoms with E-state index in [4.69, 9.17) is 4.74 Å². The summed E-state index contributed by atoms with van der Waals surface area (Å²) >= 11 is 0. The quantitative estimate of drug-likeness (QED) is 0.789. The van der Waals surface area contributed by atoms with Crippen LogP contribution in [-0.4, -0.2) is 55.7 Å². The van der Waals surface area contributed by atoms with Crippen molar-refractivity contribution in [3.05, 3.63) is 23.3 Å². The van der Waals surface area contributed by atoms with E-state index in [9.17, 15) is 4.79 Å². The Labute approximate surface area is 128 Å². The Morgan fingerprint density at radius 3 is 3.05 bits per heavy atom. The Bertz CT molecular complexity index is 741. The first-order valence-electron chi connectivity index (χ1n) is 7.77. The smallest absolute Gasteiger partial charge is 0.294 e. The Morgan fingerprint density at radius 2 is 2.18 bits per heavy atom. The summed E-state index contributed by atoms with van der Waals surface area (Å²) < 4.78 is 7.39. The number of hydrogen-bond acceptors (Lipinski definition) is 5. The minimum absolute atomic E-state index is 0.109. The lowest BCUT2D eigenvalue weighted by Gasteiger charge is -2.36. The van der Waals surface area contributed by atoms with E-state index >= 15 is 0 Å². The van der Waals surface area contributed by atoms with Gasteiger partial charge in [0.05, 0.1) is 18.8 Å². The van der Waals surface area contributed by atoms with E-state index in [1.807, 2.05) is 24.8 Å². The average Bonchev–Trinajstić information content (AvgIpc) is 3.11. The highest BCUT2D eigenvalue weighted by Gasteiger charge is 2.39. The lowest BCUT2D eigenvalue weighted by Crippen LogP contribution is -2.51. The van der Waals surface area contributed by atoms with Crippen LogP contribution in [0.25, 0.3) is 5.78 Å². The zero-order valence-corrected chi connectivity index (χ0v) is 12.8.